The van der Waals surface area contributed by atoms with E-state index in [4.69, 9.17) is 42.6 Å². The van der Waals surface area contributed by atoms with Crippen LogP contribution >= 0.6 is 0 Å². The van der Waals surface area contributed by atoms with E-state index in [1.54, 1.807) is 0 Å². The van der Waals surface area contributed by atoms with Crippen molar-refractivity contribution in [2.45, 2.75) is 109 Å². The molecule has 9 heteroatoms. The van der Waals surface area contributed by atoms with Crippen molar-refractivity contribution >= 4 is 0 Å². The quantitative estimate of drug-likeness (QED) is 0.0662. The normalized spacial score (nSPS) is 25.6. The van der Waals surface area contributed by atoms with Gasteiger partial charge in [-0.1, -0.05) is 189 Å². The SMILES string of the molecule is CC1[C@H](C)OC(COCc2ccccc2)[C@@H](O[C@@H]2OC(COCc3ccccc3)[C@H](OCc3ccccc3)[C@@H](OCc3ccccc3)C2OCc2ccccc2)[C@@H]1OCc1ccccc1. The number of ether oxygens (including phenoxy) is 9. The third-order valence-electron chi connectivity index (χ3n) is 12.1. The maximum atomic E-state index is 7.39. The lowest BCUT2D eigenvalue weighted by molar-refractivity contribution is -0.358. The molecule has 0 aromatic heterocycles. The maximum Gasteiger partial charge on any atom is 0.187 e. The molecule has 0 amide bonds. The minimum absolute atomic E-state index is 0.0431. The van der Waals surface area contributed by atoms with Gasteiger partial charge in [-0.05, 0) is 40.3 Å². The van der Waals surface area contributed by atoms with Crippen LogP contribution in [0.3, 0.4) is 0 Å². The van der Waals surface area contributed by atoms with Crippen molar-refractivity contribution in [1.82, 2.24) is 0 Å². The molecule has 9 nitrogen and oxygen atoms in total. The molecule has 2 saturated heterocycles. The van der Waals surface area contributed by atoms with E-state index in [1.807, 2.05) is 109 Å². The van der Waals surface area contributed by atoms with Crippen LogP contribution in [-0.4, -0.2) is 68.3 Å². The molecule has 4 unspecified atom stereocenters. The van der Waals surface area contributed by atoms with Crippen LogP contribution in [0, 0.1) is 5.92 Å². The predicted molar refractivity (Wildman–Crippen MR) is 249 cm³/mol. The highest BCUT2D eigenvalue weighted by Gasteiger charge is 2.53. The van der Waals surface area contributed by atoms with Gasteiger partial charge in [0.25, 0.3) is 0 Å². The van der Waals surface area contributed by atoms with Crippen molar-refractivity contribution in [2.75, 3.05) is 13.2 Å². The van der Waals surface area contributed by atoms with Gasteiger partial charge in [-0.25, -0.2) is 0 Å². The monoisotopic (exact) mass is 878 g/mol. The Morgan fingerprint density at radius 1 is 0.338 bits per heavy atom. The summed E-state index contributed by atoms with van der Waals surface area (Å²) in [6.07, 6.45) is -5.31. The Labute approximate surface area is 384 Å². The molecule has 0 N–H and O–H groups in total. The number of hydrogen-bond acceptors (Lipinski definition) is 9. The Balaban J connectivity index is 1.15. The minimum Gasteiger partial charge on any atom is -0.374 e. The zero-order valence-corrected chi connectivity index (χ0v) is 37.4. The van der Waals surface area contributed by atoms with Gasteiger partial charge < -0.3 is 42.6 Å². The van der Waals surface area contributed by atoms with Gasteiger partial charge in [0, 0.05) is 5.92 Å². The molecule has 0 aliphatic carbocycles. The van der Waals surface area contributed by atoms with Crippen LogP contribution in [0.5, 0.6) is 0 Å². The molecule has 2 fully saturated rings. The van der Waals surface area contributed by atoms with E-state index in [0.717, 1.165) is 33.4 Å². The van der Waals surface area contributed by atoms with Crippen molar-refractivity contribution in [3.05, 3.63) is 215 Å². The molecule has 2 heterocycles. The van der Waals surface area contributed by atoms with E-state index in [1.165, 1.54) is 0 Å². The van der Waals surface area contributed by atoms with Crippen molar-refractivity contribution in [2.24, 2.45) is 5.92 Å². The molecule has 0 bridgehead atoms. The molecule has 2 aliphatic rings. The van der Waals surface area contributed by atoms with Crippen LogP contribution in [0.25, 0.3) is 0 Å². The summed E-state index contributed by atoms with van der Waals surface area (Å²) in [6, 6.07) is 60.9. The highest BCUT2D eigenvalue weighted by Crippen LogP contribution is 2.37. The molecule has 8 rings (SSSR count). The van der Waals surface area contributed by atoms with E-state index in [-0.39, 0.29) is 31.8 Å². The average Bonchev–Trinajstić information content (AvgIpc) is 3.35. The fraction of sp³-hybridized carbons (Fsp3) is 0.357. The van der Waals surface area contributed by atoms with Crippen LogP contribution < -0.4 is 0 Å². The van der Waals surface area contributed by atoms with Gasteiger partial charge in [-0.15, -0.1) is 0 Å². The summed E-state index contributed by atoms with van der Waals surface area (Å²) in [7, 11) is 0. The zero-order chi connectivity index (χ0) is 44.5. The van der Waals surface area contributed by atoms with Gasteiger partial charge in [0.15, 0.2) is 6.29 Å². The third kappa shape index (κ3) is 13.5. The predicted octanol–water partition coefficient (Wildman–Crippen LogP) is 10.3. The molecule has 2 aliphatic heterocycles. The minimum atomic E-state index is -0.963. The van der Waals surface area contributed by atoms with Crippen molar-refractivity contribution < 1.29 is 42.6 Å². The summed E-state index contributed by atoms with van der Waals surface area (Å²) < 4.78 is 62.2. The van der Waals surface area contributed by atoms with Crippen LogP contribution in [-0.2, 0) is 82.3 Å². The van der Waals surface area contributed by atoms with E-state index in [9.17, 15) is 0 Å². The summed E-state index contributed by atoms with van der Waals surface area (Å²) >= 11 is 0. The Hall–Kier alpha value is -5.04. The zero-order valence-electron chi connectivity index (χ0n) is 37.4. The van der Waals surface area contributed by atoms with Gasteiger partial charge in [-0.3, -0.25) is 0 Å². The largest absolute Gasteiger partial charge is 0.374 e. The fourth-order valence-corrected chi connectivity index (χ4v) is 8.45. The first-order chi connectivity index (χ1) is 32.1. The van der Waals surface area contributed by atoms with Gasteiger partial charge in [0.1, 0.15) is 36.6 Å². The lowest BCUT2D eigenvalue weighted by Crippen LogP contribution is -2.64. The van der Waals surface area contributed by atoms with Crippen molar-refractivity contribution in [1.29, 1.82) is 0 Å². The first-order valence-corrected chi connectivity index (χ1v) is 22.9. The van der Waals surface area contributed by atoms with Crippen molar-refractivity contribution in [3.8, 4) is 0 Å². The van der Waals surface area contributed by atoms with Crippen LogP contribution in [0.2, 0.25) is 0 Å². The van der Waals surface area contributed by atoms with E-state index in [0.29, 0.717) is 33.0 Å². The third-order valence-corrected chi connectivity index (χ3v) is 12.1. The lowest BCUT2D eigenvalue weighted by Gasteiger charge is -2.50. The molecule has 10 atom stereocenters. The second-order valence-corrected chi connectivity index (χ2v) is 16.9. The molecule has 0 radical (unpaired) electrons. The van der Waals surface area contributed by atoms with Gasteiger partial charge in [0.05, 0.1) is 65.1 Å². The van der Waals surface area contributed by atoms with Crippen LogP contribution in [0.15, 0.2) is 182 Å². The highest BCUT2D eigenvalue weighted by atomic mass is 16.7. The fourth-order valence-electron chi connectivity index (χ4n) is 8.45. The van der Waals surface area contributed by atoms with Gasteiger partial charge in [-0.2, -0.15) is 0 Å². The van der Waals surface area contributed by atoms with Crippen LogP contribution in [0.1, 0.15) is 47.2 Å². The highest BCUT2D eigenvalue weighted by molar-refractivity contribution is 5.18. The van der Waals surface area contributed by atoms with E-state index < -0.39 is 49.0 Å². The van der Waals surface area contributed by atoms with Crippen LogP contribution in [0.4, 0.5) is 0 Å². The molecule has 0 spiro atoms. The number of benzene rings is 6. The van der Waals surface area contributed by atoms with E-state index >= 15 is 0 Å². The topological polar surface area (TPSA) is 83.1 Å². The summed E-state index contributed by atoms with van der Waals surface area (Å²) in [4.78, 5) is 0. The second-order valence-electron chi connectivity index (χ2n) is 16.9. The summed E-state index contributed by atoms with van der Waals surface area (Å²) in [5, 5.41) is 0. The van der Waals surface area contributed by atoms with Gasteiger partial charge in [0.2, 0.25) is 0 Å². The first kappa shape index (κ1) is 46.5. The molecule has 65 heavy (non-hydrogen) atoms. The van der Waals surface area contributed by atoms with E-state index in [2.05, 4.69) is 86.6 Å². The molecule has 340 valence electrons. The molecule has 6 aromatic rings. The second kappa shape index (κ2) is 24.5. The lowest BCUT2D eigenvalue weighted by atomic mass is 9.88. The molecule has 6 aromatic carbocycles. The molecular formula is C56H62O9. The number of rotatable bonds is 22. The Kier molecular flexibility index (Phi) is 17.5. The molecular weight excluding hydrogens is 817 g/mol. The van der Waals surface area contributed by atoms with Crippen molar-refractivity contribution in [3.63, 3.8) is 0 Å². The molecule has 0 saturated carbocycles. The standard InChI is InChI=1S/C56H62O9/c1-41-42(2)63-50(40-58-34-44-23-11-4-12-24-44)53(51(41)59-35-45-25-13-5-14-26-45)65-56-55(62-38-48-31-19-8-20-32-48)54(61-37-47-29-17-7-18-30-47)52(60-36-46-27-15-6-16-28-46)49(64-56)39-57-33-43-21-9-3-10-22-43/h3-32,41-42,49-56H,33-40H2,1-2H3/t41?,42-,49?,50?,51+,52-,53+,54+,55?,56-/m0/s1. The summed E-state index contributed by atoms with van der Waals surface area (Å²) in [5.74, 6) is -0.0431. The maximum absolute atomic E-state index is 7.39. The Bertz CT molecular complexity index is 2200. The van der Waals surface area contributed by atoms with Gasteiger partial charge >= 0.3 is 0 Å². The Morgan fingerprint density at radius 3 is 1.06 bits per heavy atom. The average molecular weight is 879 g/mol. The smallest absolute Gasteiger partial charge is 0.187 e. The summed E-state index contributed by atoms with van der Waals surface area (Å²) in [6.45, 7) is 6.86. The number of hydrogen-bond donors (Lipinski definition) is 0. The first-order valence-electron chi connectivity index (χ1n) is 22.9. The Morgan fingerprint density at radius 2 is 0.662 bits per heavy atom. The summed E-state index contributed by atoms with van der Waals surface area (Å²) in [5.41, 5.74) is 6.24.